The standard InChI is InChI=1S/C20H23ClN4O2S/c1-4-24(5-2)19(26)14(3)28-20-23-22-18(15-8-10-16(21)11-9-15)25(20)13-17-7-6-12-27-17/h6-12,14H,4-5,13H2,1-3H3. The number of halogens is 1. The first kappa shape index (κ1) is 20.5. The van der Waals surface area contributed by atoms with Crippen molar-refractivity contribution in [2.24, 2.45) is 0 Å². The molecule has 0 saturated heterocycles. The summed E-state index contributed by atoms with van der Waals surface area (Å²) in [5, 5.41) is 9.81. The van der Waals surface area contributed by atoms with E-state index in [1.165, 1.54) is 11.8 Å². The quantitative estimate of drug-likeness (QED) is 0.500. The third-order valence-electron chi connectivity index (χ3n) is 4.42. The minimum atomic E-state index is -0.266. The SMILES string of the molecule is CCN(CC)C(=O)C(C)Sc1nnc(-c2ccc(Cl)cc2)n1Cc1ccco1. The molecule has 0 aliphatic rings. The van der Waals surface area contributed by atoms with Crippen LogP contribution in [0.15, 0.2) is 52.2 Å². The van der Waals surface area contributed by atoms with Gasteiger partial charge in [-0.25, -0.2) is 0 Å². The summed E-state index contributed by atoms with van der Waals surface area (Å²) in [4.78, 5) is 14.5. The Balaban J connectivity index is 1.92. The van der Waals surface area contributed by atoms with E-state index in [1.54, 1.807) is 6.26 Å². The highest BCUT2D eigenvalue weighted by Crippen LogP contribution is 2.29. The first-order valence-corrected chi connectivity index (χ1v) is 10.5. The maximum atomic E-state index is 12.7. The van der Waals surface area contributed by atoms with Crippen LogP contribution in [-0.4, -0.2) is 43.9 Å². The number of furan rings is 1. The molecule has 0 N–H and O–H groups in total. The molecule has 6 nitrogen and oxygen atoms in total. The summed E-state index contributed by atoms with van der Waals surface area (Å²) < 4.78 is 7.49. The average Bonchev–Trinajstić information content (AvgIpc) is 3.34. The van der Waals surface area contributed by atoms with Gasteiger partial charge in [0, 0.05) is 23.7 Å². The summed E-state index contributed by atoms with van der Waals surface area (Å²) in [5.74, 6) is 1.59. The van der Waals surface area contributed by atoms with Crippen LogP contribution in [-0.2, 0) is 11.3 Å². The van der Waals surface area contributed by atoms with Gasteiger partial charge in [0.25, 0.3) is 0 Å². The fourth-order valence-electron chi connectivity index (χ4n) is 2.89. The highest BCUT2D eigenvalue weighted by atomic mass is 35.5. The second-order valence-corrected chi connectivity index (χ2v) is 7.99. The smallest absolute Gasteiger partial charge is 0.235 e. The van der Waals surface area contributed by atoms with Crippen LogP contribution in [0.1, 0.15) is 26.5 Å². The van der Waals surface area contributed by atoms with Gasteiger partial charge in [-0.3, -0.25) is 9.36 Å². The molecule has 2 heterocycles. The number of nitrogens with zero attached hydrogens (tertiary/aromatic N) is 4. The molecule has 0 spiro atoms. The molecular weight excluding hydrogens is 396 g/mol. The molecule has 0 fully saturated rings. The van der Waals surface area contributed by atoms with Crippen LogP contribution < -0.4 is 0 Å². The molecule has 1 amide bonds. The highest BCUT2D eigenvalue weighted by Gasteiger charge is 2.24. The summed E-state index contributed by atoms with van der Waals surface area (Å²) in [6.45, 7) is 7.73. The third-order valence-corrected chi connectivity index (χ3v) is 5.74. The van der Waals surface area contributed by atoms with E-state index in [0.29, 0.717) is 35.6 Å². The molecule has 0 radical (unpaired) electrons. The molecule has 148 valence electrons. The second kappa shape index (κ2) is 9.30. The molecule has 3 rings (SSSR count). The Kier molecular flexibility index (Phi) is 6.80. The lowest BCUT2D eigenvalue weighted by molar-refractivity contribution is -0.129. The molecule has 1 unspecified atom stereocenters. The molecule has 0 saturated carbocycles. The predicted molar refractivity (Wildman–Crippen MR) is 112 cm³/mol. The number of carbonyl (C=O) groups is 1. The largest absolute Gasteiger partial charge is 0.467 e. The van der Waals surface area contributed by atoms with Gasteiger partial charge in [0.1, 0.15) is 5.76 Å². The van der Waals surface area contributed by atoms with Crippen molar-refractivity contribution < 1.29 is 9.21 Å². The Morgan fingerprint density at radius 3 is 2.54 bits per heavy atom. The highest BCUT2D eigenvalue weighted by molar-refractivity contribution is 8.00. The Labute approximate surface area is 173 Å². The summed E-state index contributed by atoms with van der Waals surface area (Å²) in [6.07, 6.45) is 1.64. The van der Waals surface area contributed by atoms with Gasteiger partial charge in [0.2, 0.25) is 5.91 Å². The number of hydrogen-bond acceptors (Lipinski definition) is 5. The third kappa shape index (κ3) is 4.59. The van der Waals surface area contributed by atoms with E-state index in [9.17, 15) is 4.79 Å². The first-order chi connectivity index (χ1) is 13.5. The fraction of sp³-hybridized carbons (Fsp3) is 0.350. The number of thioether (sulfide) groups is 1. The number of carbonyl (C=O) groups excluding carboxylic acids is 1. The molecule has 1 atom stereocenters. The van der Waals surface area contributed by atoms with Crippen LogP contribution in [0.25, 0.3) is 11.4 Å². The van der Waals surface area contributed by atoms with Crippen LogP contribution in [0.5, 0.6) is 0 Å². The van der Waals surface area contributed by atoms with Crippen molar-refractivity contribution in [1.82, 2.24) is 19.7 Å². The zero-order chi connectivity index (χ0) is 20.1. The molecule has 2 aromatic heterocycles. The van der Waals surface area contributed by atoms with Gasteiger partial charge < -0.3 is 9.32 Å². The monoisotopic (exact) mass is 418 g/mol. The van der Waals surface area contributed by atoms with Gasteiger partial charge >= 0.3 is 0 Å². The van der Waals surface area contributed by atoms with Crippen molar-refractivity contribution in [2.45, 2.75) is 37.7 Å². The van der Waals surface area contributed by atoms with Gasteiger partial charge in [0.05, 0.1) is 18.1 Å². The maximum Gasteiger partial charge on any atom is 0.235 e. The maximum absolute atomic E-state index is 12.7. The zero-order valence-electron chi connectivity index (χ0n) is 16.1. The average molecular weight is 419 g/mol. The van der Waals surface area contributed by atoms with Crippen LogP contribution in [0.4, 0.5) is 0 Å². The molecule has 0 aliphatic carbocycles. The van der Waals surface area contributed by atoms with Crippen LogP contribution >= 0.6 is 23.4 Å². The fourth-order valence-corrected chi connectivity index (χ4v) is 3.95. The van der Waals surface area contributed by atoms with E-state index in [1.807, 2.05) is 66.6 Å². The second-order valence-electron chi connectivity index (χ2n) is 6.25. The van der Waals surface area contributed by atoms with E-state index in [0.717, 1.165) is 11.3 Å². The molecule has 0 aliphatic heterocycles. The van der Waals surface area contributed by atoms with E-state index in [4.69, 9.17) is 16.0 Å². The van der Waals surface area contributed by atoms with Gasteiger partial charge in [-0.05, 0) is 57.2 Å². The minimum absolute atomic E-state index is 0.0931. The first-order valence-electron chi connectivity index (χ1n) is 9.20. The van der Waals surface area contributed by atoms with Crippen molar-refractivity contribution in [2.75, 3.05) is 13.1 Å². The van der Waals surface area contributed by atoms with E-state index >= 15 is 0 Å². The Bertz CT molecular complexity index is 905. The number of benzene rings is 1. The topological polar surface area (TPSA) is 64.2 Å². The summed E-state index contributed by atoms with van der Waals surface area (Å²) in [6, 6.07) is 11.2. The minimum Gasteiger partial charge on any atom is -0.467 e. The summed E-state index contributed by atoms with van der Waals surface area (Å²) in [5.41, 5.74) is 0.901. The number of hydrogen-bond donors (Lipinski definition) is 0. The van der Waals surface area contributed by atoms with Gasteiger partial charge in [0.15, 0.2) is 11.0 Å². The number of aromatic nitrogens is 3. The van der Waals surface area contributed by atoms with Crippen LogP contribution in [0.2, 0.25) is 5.02 Å². The Morgan fingerprint density at radius 1 is 1.21 bits per heavy atom. The van der Waals surface area contributed by atoms with Crippen LogP contribution in [0.3, 0.4) is 0 Å². The zero-order valence-corrected chi connectivity index (χ0v) is 17.7. The Morgan fingerprint density at radius 2 is 1.93 bits per heavy atom. The summed E-state index contributed by atoms with van der Waals surface area (Å²) in [7, 11) is 0. The van der Waals surface area contributed by atoms with E-state index in [2.05, 4.69) is 10.2 Å². The molecule has 8 heteroatoms. The molecular formula is C20H23ClN4O2S. The van der Waals surface area contributed by atoms with Crippen LogP contribution in [0, 0.1) is 0 Å². The van der Waals surface area contributed by atoms with E-state index in [-0.39, 0.29) is 11.2 Å². The van der Waals surface area contributed by atoms with Gasteiger partial charge in [-0.1, -0.05) is 23.4 Å². The lowest BCUT2D eigenvalue weighted by atomic mass is 10.2. The van der Waals surface area contributed by atoms with Crippen molar-refractivity contribution >= 4 is 29.3 Å². The number of amides is 1. The van der Waals surface area contributed by atoms with Crippen molar-refractivity contribution in [3.8, 4) is 11.4 Å². The molecule has 1 aromatic carbocycles. The van der Waals surface area contributed by atoms with Gasteiger partial charge in [-0.2, -0.15) is 0 Å². The molecule has 3 aromatic rings. The summed E-state index contributed by atoms with van der Waals surface area (Å²) >= 11 is 7.42. The van der Waals surface area contributed by atoms with Crippen molar-refractivity contribution in [3.63, 3.8) is 0 Å². The van der Waals surface area contributed by atoms with Crippen molar-refractivity contribution in [1.29, 1.82) is 0 Å². The molecule has 0 bridgehead atoms. The number of rotatable bonds is 8. The van der Waals surface area contributed by atoms with Gasteiger partial charge in [-0.15, -0.1) is 10.2 Å². The lowest BCUT2D eigenvalue weighted by Crippen LogP contribution is -2.36. The van der Waals surface area contributed by atoms with E-state index < -0.39 is 0 Å². The molecule has 28 heavy (non-hydrogen) atoms. The Hall–Kier alpha value is -2.25. The predicted octanol–water partition coefficient (Wildman–Crippen LogP) is 4.59. The lowest BCUT2D eigenvalue weighted by Gasteiger charge is -2.22. The normalized spacial score (nSPS) is 12.1. The van der Waals surface area contributed by atoms with Crippen molar-refractivity contribution in [3.05, 3.63) is 53.4 Å².